The first kappa shape index (κ1) is 20.3. The van der Waals surface area contributed by atoms with Crippen molar-refractivity contribution in [3.63, 3.8) is 0 Å². The summed E-state index contributed by atoms with van der Waals surface area (Å²) in [6.45, 7) is 5.86. The van der Waals surface area contributed by atoms with E-state index in [4.69, 9.17) is 10.7 Å². The zero-order valence-corrected chi connectivity index (χ0v) is 18.5. The van der Waals surface area contributed by atoms with Crippen molar-refractivity contribution in [1.82, 2.24) is 4.98 Å². The van der Waals surface area contributed by atoms with Gasteiger partial charge < -0.3 is 11.1 Å². The molecule has 3 N–H and O–H groups in total. The van der Waals surface area contributed by atoms with E-state index in [2.05, 4.69) is 18.3 Å². The highest BCUT2D eigenvalue weighted by Gasteiger charge is 2.21. The highest BCUT2D eigenvalue weighted by Crippen LogP contribution is 2.34. The lowest BCUT2D eigenvalue weighted by Gasteiger charge is -2.10. The molecular weight excluding hydrogens is 414 g/mol. The van der Waals surface area contributed by atoms with Crippen LogP contribution < -0.4 is 11.1 Å². The summed E-state index contributed by atoms with van der Waals surface area (Å²) < 4.78 is 0. The van der Waals surface area contributed by atoms with E-state index in [0.29, 0.717) is 16.1 Å². The van der Waals surface area contributed by atoms with Crippen LogP contribution >= 0.6 is 22.7 Å². The lowest BCUT2D eigenvalue weighted by atomic mass is 10.1. The number of thiophene rings is 2. The monoisotopic (exact) mass is 435 g/mol. The van der Waals surface area contributed by atoms with E-state index in [-0.39, 0.29) is 5.91 Å². The van der Waals surface area contributed by atoms with Crippen LogP contribution in [-0.4, -0.2) is 16.8 Å². The van der Waals surface area contributed by atoms with Crippen LogP contribution in [0.2, 0.25) is 0 Å². The second-order valence-electron chi connectivity index (χ2n) is 7.00. The molecule has 0 atom stereocenters. The van der Waals surface area contributed by atoms with Gasteiger partial charge in [0.05, 0.1) is 27.2 Å². The van der Waals surface area contributed by atoms with Gasteiger partial charge >= 0.3 is 0 Å². The Morgan fingerprint density at radius 2 is 1.87 bits per heavy atom. The summed E-state index contributed by atoms with van der Waals surface area (Å²) in [7, 11) is 0. The summed E-state index contributed by atoms with van der Waals surface area (Å²) in [6, 6.07) is 13.5. The number of anilines is 1. The Morgan fingerprint density at radius 3 is 2.57 bits per heavy atom. The van der Waals surface area contributed by atoms with Crippen LogP contribution in [-0.2, 0) is 6.42 Å². The van der Waals surface area contributed by atoms with E-state index in [1.807, 2.05) is 50.2 Å². The Labute approximate surface area is 182 Å². The van der Waals surface area contributed by atoms with Crippen LogP contribution in [0.1, 0.15) is 43.0 Å². The molecule has 3 heterocycles. The predicted molar refractivity (Wildman–Crippen MR) is 125 cm³/mol. The summed E-state index contributed by atoms with van der Waals surface area (Å²) in [5.41, 5.74) is 8.75. The van der Waals surface area contributed by atoms with Gasteiger partial charge in [0.1, 0.15) is 5.00 Å². The van der Waals surface area contributed by atoms with E-state index in [1.165, 1.54) is 16.2 Å². The Balaban J connectivity index is 1.81. The number of fused-ring (bicyclic) bond motifs is 1. The molecule has 0 saturated heterocycles. The highest BCUT2D eigenvalue weighted by atomic mass is 32.1. The van der Waals surface area contributed by atoms with Gasteiger partial charge in [0.25, 0.3) is 11.8 Å². The van der Waals surface area contributed by atoms with Gasteiger partial charge in [0.15, 0.2) is 0 Å². The van der Waals surface area contributed by atoms with Crippen molar-refractivity contribution in [2.24, 2.45) is 5.73 Å². The first-order valence-electron chi connectivity index (χ1n) is 9.59. The first-order valence-corrected chi connectivity index (χ1v) is 11.2. The van der Waals surface area contributed by atoms with Crippen molar-refractivity contribution in [2.45, 2.75) is 27.2 Å². The van der Waals surface area contributed by atoms with Crippen LogP contribution in [0.15, 0.2) is 42.5 Å². The lowest BCUT2D eigenvalue weighted by Crippen LogP contribution is -2.18. The molecule has 152 valence electrons. The van der Waals surface area contributed by atoms with Gasteiger partial charge in [-0.2, -0.15) is 0 Å². The fourth-order valence-corrected chi connectivity index (χ4v) is 5.35. The second-order valence-corrected chi connectivity index (χ2v) is 9.39. The highest BCUT2D eigenvalue weighted by molar-refractivity contribution is 7.17. The van der Waals surface area contributed by atoms with E-state index in [9.17, 15) is 9.59 Å². The van der Waals surface area contributed by atoms with E-state index in [0.717, 1.165) is 38.3 Å². The zero-order chi connectivity index (χ0) is 21.4. The maximum atomic E-state index is 13.3. The molecule has 3 aromatic heterocycles. The molecule has 0 spiro atoms. The minimum atomic E-state index is -0.543. The van der Waals surface area contributed by atoms with Crippen LogP contribution in [0.25, 0.3) is 21.5 Å². The normalized spacial score (nSPS) is 11.0. The van der Waals surface area contributed by atoms with Crippen molar-refractivity contribution in [3.8, 4) is 10.6 Å². The predicted octanol–water partition coefficient (Wildman–Crippen LogP) is 5.56. The Kier molecular flexibility index (Phi) is 5.40. The fourth-order valence-electron chi connectivity index (χ4n) is 3.38. The standard InChI is InChI=1S/C23H21N3O2S2/c1-4-14-9-10-19(30-14)18-11-16(15-7-5-6-8-17(15)25-18)22(28)26-23-20(21(24)27)12(2)13(3)29-23/h5-11H,4H2,1-3H3,(H2,24,27)(H,26,28). The maximum Gasteiger partial charge on any atom is 0.257 e. The summed E-state index contributed by atoms with van der Waals surface area (Å²) in [4.78, 5) is 33.2. The van der Waals surface area contributed by atoms with Gasteiger partial charge in [-0.25, -0.2) is 4.98 Å². The molecule has 4 rings (SSSR count). The number of carbonyl (C=O) groups excluding carboxylic acids is 2. The van der Waals surface area contributed by atoms with Crippen molar-refractivity contribution >= 4 is 50.4 Å². The molecule has 0 bridgehead atoms. The molecule has 2 amide bonds. The number of rotatable bonds is 5. The van der Waals surface area contributed by atoms with Crippen LogP contribution in [0, 0.1) is 13.8 Å². The smallest absolute Gasteiger partial charge is 0.257 e. The molecule has 30 heavy (non-hydrogen) atoms. The Morgan fingerprint density at radius 1 is 1.10 bits per heavy atom. The number of nitrogens with zero attached hydrogens (tertiary/aromatic N) is 1. The summed E-state index contributed by atoms with van der Waals surface area (Å²) in [5, 5.41) is 4.15. The number of aromatic nitrogens is 1. The molecule has 0 aliphatic carbocycles. The third-order valence-corrected chi connectivity index (χ3v) is 7.46. The van der Waals surface area contributed by atoms with Crippen molar-refractivity contribution in [3.05, 3.63) is 68.9 Å². The van der Waals surface area contributed by atoms with Gasteiger partial charge in [-0.05, 0) is 50.1 Å². The number of pyridine rings is 1. The number of amides is 2. The number of hydrogen-bond acceptors (Lipinski definition) is 5. The van der Waals surface area contributed by atoms with Gasteiger partial charge in [-0.1, -0.05) is 25.1 Å². The molecule has 0 aliphatic rings. The zero-order valence-electron chi connectivity index (χ0n) is 16.9. The number of nitrogens with two attached hydrogens (primary N) is 1. The average molecular weight is 436 g/mol. The quantitative estimate of drug-likeness (QED) is 0.431. The summed E-state index contributed by atoms with van der Waals surface area (Å²) in [5.74, 6) is -0.830. The van der Waals surface area contributed by atoms with Crippen molar-refractivity contribution < 1.29 is 9.59 Å². The first-order chi connectivity index (χ1) is 14.4. The topological polar surface area (TPSA) is 85.1 Å². The lowest BCUT2D eigenvalue weighted by molar-refractivity contribution is 0.100. The van der Waals surface area contributed by atoms with E-state index >= 15 is 0 Å². The van der Waals surface area contributed by atoms with E-state index < -0.39 is 5.91 Å². The third-order valence-electron chi connectivity index (χ3n) is 5.08. The Hall–Kier alpha value is -3.03. The second kappa shape index (κ2) is 8.01. The largest absolute Gasteiger partial charge is 0.365 e. The molecular formula is C23H21N3O2S2. The molecule has 1 aromatic carbocycles. The Bertz CT molecular complexity index is 1290. The van der Waals surface area contributed by atoms with Gasteiger partial charge in [0.2, 0.25) is 0 Å². The molecule has 4 aromatic rings. The number of aryl methyl sites for hydroxylation is 2. The number of para-hydroxylation sites is 1. The van der Waals surface area contributed by atoms with E-state index in [1.54, 1.807) is 11.3 Å². The number of primary amides is 1. The van der Waals surface area contributed by atoms with Gasteiger partial charge in [-0.15, -0.1) is 22.7 Å². The summed E-state index contributed by atoms with van der Waals surface area (Å²) in [6.07, 6.45) is 0.957. The van der Waals surface area contributed by atoms with Crippen molar-refractivity contribution in [2.75, 3.05) is 5.32 Å². The molecule has 0 aliphatic heterocycles. The van der Waals surface area contributed by atoms with Crippen LogP contribution in [0.4, 0.5) is 5.00 Å². The number of carbonyl (C=O) groups is 2. The number of nitrogens with one attached hydrogen (secondary N) is 1. The number of hydrogen-bond donors (Lipinski definition) is 2. The van der Waals surface area contributed by atoms with Crippen molar-refractivity contribution in [1.29, 1.82) is 0 Å². The third kappa shape index (κ3) is 3.62. The van der Waals surface area contributed by atoms with Crippen LogP contribution in [0.5, 0.6) is 0 Å². The summed E-state index contributed by atoms with van der Waals surface area (Å²) >= 11 is 3.04. The van der Waals surface area contributed by atoms with Gasteiger partial charge in [0, 0.05) is 15.1 Å². The molecule has 0 fully saturated rings. The minimum absolute atomic E-state index is 0.286. The molecule has 5 nitrogen and oxygen atoms in total. The van der Waals surface area contributed by atoms with Crippen LogP contribution in [0.3, 0.4) is 0 Å². The minimum Gasteiger partial charge on any atom is -0.365 e. The average Bonchev–Trinajstić information content (AvgIpc) is 3.31. The molecule has 0 radical (unpaired) electrons. The van der Waals surface area contributed by atoms with Gasteiger partial charge in [-0.3, -0.25) is 9.59 Å². The molecule has 0 unspecified atom stereocenters. The fraction of sp³-hybridized carbons (Fsp3) is 0.174. The SMILES string of the molecule is CCc1ccc(-c2cc(C(=O)Nc3sc(C)c(C)c3C(N)=O)c3ccccc3n2)s1. The molecule has 0 saturated carbocycles. The number of benzene rings is 1. The maximum absolute atomic E-state index is 13.3. The molecule has 7 heteroatoms.